The maximum atomic E-state index is 5.97. The van der Waals surface area contributed by atoms with Crippen LogP contribution in [0, 0.1) is 5.92 Å². The Bertz CT molecular complexity index is 481. The molecule has 0 aliphatic carbocycles. The predicted molar refractivity (Wildman–Crippen MR) is 87.2 cm³/mol. The van der Waals surface area contributed by atoms with Crippen molar-refractivity contribution in [3.8, 4) is 11.5 Å². The Morgan fingerprint density at radius 3 is 2.57 bits per heavy atom. The second-order valence-corrected chi connectivity index (χ2v) is 6.22. The van der Waals surface area contributed by atoms with Crippen LogP contribution in [0.1, 0.15) is 31.9 Å². The monoisotopic (exact) mass is 357 g/mol. The molecule has 0 spiro atoms. The van der Waals surface area contributed by atoms with E-state index in [0.717, 1.165) is 41.1 Å². The first-order chi connectivity index (χ1) is 10.1. The smallest absolute Gasteiger partial charge is 0.133 e. The van der Waals surface area contributed by atoms with E-state index in [1.54, 1.807) is 14.2 Å². The highest BCUT2D eigenvalue weighted by Gasteiger charge is 2.34. The lowest BCUT2D eigenvalue weighted by Crippen LogP contribution is -2.35. The maximum Gasteiger partial charge on any atom is 0.133 e. The van der Waals surface area contributed by atoms with Crippen molar-refractivity contribution in [1.82, 2.24) is 5.32 Å². The number of rotatable bonds is 6. The molecule has 0 radical (unpaired) electrons. The van der Waals surface area contributed by atoms with Gasteiger partial charge >= 0.3 is 0 Å². The average molecular weight is 358 g/mol. The lowest BCUT2D eigenvalue weighted by Gasteiger charge is -2.29. The highest BCUT2D eigenvalue weighted by atomic mass is 79.9. The second kappa shape index (κ2) is 7.47. The summed E-state index contributed by atoms with van der Waals surface area (Å²) in [6.45, 7) is 6.04. The first-order valence-corrected chi connectivity index (χ1v) is 8.18. The predicted octanol–water partition coefficient (Wildman–Crippen LogP) is 3.54. The molecule has 118 valence electrons. The molecule has 0 saturated carbocycles. The SMILES string of the molecule is CCNC(c1cc(OC)c(Br)cc1OC)C1OCCC1C. The van der Waals surface area contributed by atoms with Crippen LogP contribution in [0.15, 0.2) is 16.6 Å². The standard InChI is InChI=1S/C16H24BrNO3/c1-5-18-15(16-10(2)6-7-21-16)11-8-14(20-4)12(17)9-13(11)19-3/h8-10,15-16,18H,5-7H2,1-4H3. The van der Waals surface area contributed by atoms with Crippen molar-refractivity contribution in [3.63, 3.8) is 0 Å². The third-order valence-electron chi connectivity index (χ3n) is 4.04. The van der Waals surface area contributed by atoms with Crippen molar-refractivity contribution in [2.24, 2.45) is 5.92 Å². The van der Waals surface area contributed by atoms with Crippen molar-refractivity contribution in [2.75, 3.05) is 27.4 Å². The van der Waals surface area contributed by atoms with Crippen LogP contribution in [0.5, 0.6) is 11.5 Å². The fourth-order valence-electron chi connectivity index (χ4n) is 2.89. The molecule has 1 saturated heterocycles. The normalized spacial score (nSPS) is 23.1. The number of nitrogens with one attached hydrogen (secondary N) is 1. The van der Waals surface area contributed by atoms with Crippen molar-refractivity contribution in [3.05, 3.63) is 22.2 Å². The van der Waals surface area contributed by atoms with Crippen LogP contribution in [-0.2, 0) is 4.74 Å². The van der Waals surface area contributed by atoms with E-state index in [1.807, 2.05) is 12.1 Å². The van der Waals surface area contributed by atoms with Gasteiger partial charge in [0.15, 0.2) is 0 Å². The highest BCUT2D eigenvalue weighted by Crippen LogP contribution is 2.40. The van der Waals surface area contributed by atoms with Crippen molar-refractivity contribution in [1.29, 1.82) is 0 Å². The molecule has 21 heavy (non-hydrogen) atoms. The molecule has 1 fully saturated rings. The van der Waals surface area contributed by atoms with Crippen LogP contribution in [0.3, 0.4) is 0 Å². The number of hydrogen-bond acceptors (Lipinski definition) is 4. The van der Waals surface area contributed by atoms with E-state index in [-0.39, 0.29) is 12.1 Å². The Balaban J connectivity index is 2.43. The van der Waals surface area contributed by atoms with Gasteiger partial charge in [0.25, 0.3) is 0 Å². The van der Waals surface area contributed by atoms with Gasteiger partial charge in [-0.3, -0.25) is 0 Å². The van der Waals surface area contributed by atoms with E-state index < -0.39 is 0 Å². The van der Waals surface area contributed by atoms with Crippen LogP contribution in [0.2, 0.25) is 0 Å². The number of methoxy groups -OCH3 is 2. The minimum absolute atomic E-state index is 0.101. The fraction of sp³-hybridized carbons (Fsp3) is 0.625. The van der Waals surface area contributed by atoms with Crippen molar-refractivity contribution < 1.29 is 14.2 Å². The molecule has 3 unspecified atom stereocenters. The molecule has 0 amide bonds. The molecule has 1 heterocycles. The first kappa shape index (κ1) is 16.6. The lowest BCUT2D eigenvalue weighted by molar-refractivity contribution is 0.0603. The van der Waals surface area contributed by atoms with Gasteiger partial charge in [-0.2, -0.15) is 0 Å². The molecular formula is C16H24BrNO3. The summed E-state index contributed by atoms with van der Waals surface area (Å²) in [4.78, 5) is 0. The Morgan fingerprint density at radius 1 is 1.33 bits per heavy atom. The molecule has 1 N–H and O–H groups in total. The molecule has 2 rings (SSSR count). The minimum Gasteiger partial charge on any atom is -0.496 e. The molecule has 0 aromatic heterocycles. The van der Waals surface area contributed by atoms with E-state index in [4.69, 9.17) is 14.2 Å². The molecule has 1 aliphatic heterocycles. The van der Waals surface area contributed by atoms with Gasteiger partial charge in [-0.25, -0.2) is 0 Å². The number of hydrogen-bond donors (Lipinski definition) is 1. The maximum absolute atomic E-state index is 5.97. The Labute approximate surface area is 135 Å². The fourth-order valence-corrected chi connectivity index (χ4v) is 3.38. The van der Waals surface area contributed by atoms with Crippen LogP contribution < -0.4 is 14.8 Å². The van der Waals surface area contributed by atoms with Crippen LogP contribution in [0.4, 0.5) is 0 Å². The average Bonchev–Trinajstić information content (AvgIpc) is 2.90. The summed E-state index contributed by atoms with van der Waals surface area (Å²) >= 11 is 3.51. The molecule has 1 aromatic rings. The van der Waals surface area contributed by atoms with Gasteiger partial charge in [-0.1, -0.05) is 13.8 Å². The third kappa shape index (κ3) is 3.52. The quantitative estimate of drug-likeness (QED) is 0.844. The van der Waals surface area contributed by atoms with E-state index in [9.17, 15) is 0 Å². The largest absolute Gasteiger partial charge is 0.496 e. The van der Waals surface area contributed by atoms with E-state index in [2.05, 4.69) is 35.1 Å². The Kier molecular flexibility index (Phi) is 5.90. The van der Waals surface area contributed by atoms with Gasteiger partial charge < -0.3 is 19.5 Å². The first-order valence-electron chi connectivity index (χ1n) is 7.38. The Hall–Kier alpha value is -0.780. The van der Waals surface area contributed by atoms with Gasteiger partial charge in [0.1, 0.15) is 11.5 Å². The summed E-state index contributed by atoms with van der Waals surface area (Å²) < 4.78 is 17.9. The van der Waals surface area contributed by atoms with Gasteiger partial charge in [0.05, 0.1) is 30.8 Å². The zero-order valence-corrected chi connectivity index (χ0v) is 14.7. The van der Waals surface area contributed by atoms with Crippen molar-refractivity contribution in [2.45, 2.75) is 32.4 Å². The lowest BCUT2D eigenvalue weighted by atomic mass is 9.91. The summed E-state index contributed by atoms with van der Waals surface area (Å²) in [6.07, 6.45) is 1.26. The summed E-state index contributed by atoms with van der Waals surface area (Å²) in [7, 11) is 3.37. The number of halogens is 1. The summed E-state index contributed by atoms with van der Waals surface area (Å²) in [5.41, 5.74) is 1.08. The number of likely N-dealkylation sites (N-methyl/N-ethyl adjacent to an activating group) is 1. The summed E-state index contributed by atoms with van der Waals surface area (Å²) in [6, 6.07) is 4.09. The molecule has 0 bridgehead atoms. The van der Waals surface area contributed by atoms with Gasteiger partial charge in [-0.15, -0.1) is 0 Å². The minimum atomic E-state index is 0.101. The topological polar surface area (TPSA) is 39.7 Å². The molecule has 3 atom stereocenters. The number of benzene rings is 1. The van der Waals surface area contributed by atoms with Crippen LogP contribution in [0.25, 0.3) is 0 Å². The molecule has 1 aliphatic rings. The van der Waals surface area contributed by atoms with Gasteiger partial charge in [0, 0.05) is 12.2 Å². The summed E-state index contributed by atoms with van der Waals surface area (Å²) in [5, 5.41) is 3.54. The van der Waals surface area contributed by atoms with Gasteiger partial charge in [0.2, 0.25) is 0 Å². The summed E-state index contributed by atoms with van der Waals surface area (Å²) in [5.74, 6) is 2.17. The van der Waals surface area contributed by atoms with Crippen molar-refractivity contribution >= 4 is 15.9 Å². The molecular weight excluding hydrogens is 334 g/mol. The Morgan fingerprint density at radius 2 is 2.05 bits per heavy atom. The zero-order valence-electron chi connectivity index (χ0n) is 13.1. The van der Waals surface area contributed by atoms with Crippen LogP contribution in [-0.4, -0.2) is 33.5 Å². The van der Waals surface area contributed by atoms with Crippen LogP contribution >= 0.6 is 15.9 Å². The van der Waals surface area contributed by atoms with Gasteiger partial charge in [-0.05, 0) is 46.9 Å². The zero-order chi connectivity index (χ0) is 15.4. The highest BCUT2D eigenvalue weighted by molar-refractivity contribution is 9.10. The van der Waals surface area contributed by atoms with E-state index in [0.29, 0.717) is 5.92 Å². The van der Waals surface area contributed by atoms with E-state index >= 15 is 0 Å². The molecule has 1 aromatic carbocycles. The number of ether oxygens (including phenoxy) is 3. The molecule has 5 heteroatoms. The second-order valence-electron chi connectivity index (χ2n) is 5.37. The molecule has 4 nitrogen and oxygen atoms in total. The van der Waals surface area contributed by atoms with E-state index in [1.165, 1.54) is 0 Å². The third-order valence-corrected chi connectivity index (χ3v) is 4.66.